The molecule has 0 saturated carbocycles. The molecule has 7 heteroatoms. The summed E-state index contributed by atoms with van der Waals surface area (Å²) in [5.74, 6) is 1.55. The second kappa shape index (κ2) is 8.18. The fourth-order valence-electron chi connectivity index (χ4n) is 3.25. The van der Waals surface area contributed by atoms with Gasteiger partial charge in [0.1, 0.15) is 17.1 Å². The van der Waals surface area contributed by atoms with Crippen molar-refractivity contribution in [1.82, 2.24) is 24.5 Å². The van der Waals surface area contributed by atoms with Crippen LogP contribution in [0.25, 0.3) is 22.6 Å². The number of carbonyl (C=O) groups is 1. The Morgan fingerprint density at radius 2 is 1.97 bits per heavy atom. The first-order valence-electron chi connectivity index (χ1n) is 9.63. The lowest BCUT2D eigenvalue weighted by Gasteiger charge is -2.08. The van der Waals surface area contributed by atoms with Crippen LogP contribution in [-0.4, -0.2) is 30.3 Å². The zero-order valence-electron chi connectivity index (χ0n) is 16.5. The molecule has 4 aromatic rings. The first-order valence-corrected chi connectivity index (χ1v) is 9.63. The Morgan fingerprint density at radius 3 is 2.72 bits per heavy atom. The Hall–Kier alpha value is -3.61. The highest BCUT2D eigenvalue weighted by Gasteiger charge is 2.14. The highest BCUT2D eigenvalue weighted by molar-refractivity contribution is 5.78. The maximum absolute atomic E-state index is 11.2. The molecule has 146 valence electrons. The molecule has 4 rings (SSSR count). The van der Waals surface area contributed by atoms with E-state index in [1.54, 1.807) is 25.5 Å². The van der Waals surface area contributed by atoms with Crippen LogP contribution in [0.3, 0.4) is 0 Å². The predicted octanol–water partition coefficient (Wildman–Crippen LogP) is 4.17. The Kier molecular flexibility index (Phi) is 5.29. The van der Waals surface area contributed by atoms with Gasteiger partial charge in [-0.2, -0.15) is 4.98 Å². The van der Waals surface area contributed by atoms with Crippen LogP contribution in [0.5, 0.6) is 0 Å². The molecule has 0 fully saturated rings. The van der Waals surface area contributed by atoms with Crippen LogP contribution < -0.4 is 5.32 Å². The van der Waals surface area contributed by atoms with Crippen molar-refractivity contribution < 1.29 is 4.79 Å². The molecule has 0 saturated heterocycles. The van der Waals surface area contributed by atoms with E-state index in [1.807, 2.05) is 36.4 Å². The molecular formula is C22H22N6O. The number of anilines is 2. The molecule has 3 heterocycles. The topological polar surface area (TPSA) is 85.6 Å². The number of benzene rings is 1. The van der Waals surface area contributed by atoms with Crippen molar-refractivity contribution in [2.45, 2.75) is 33.2 Å². The molecular weight excluding hydrogens is 364 g/mol. The minimum atomic E-state index is 0.190. The van der Waals surface area contributed by atoms with Gasteiger partial charge in [-0.15, -0.1) is 0 Å². The molecule has 3 aromatic heterocycles. The molecule has 1 aromatic carbocycles. The molecule has 0 spiro atoms. The molecule has 0 amide bonds. The van der Waals surface area contributed by atoms with Gasteiger partial charge in [-0.25, -0.2) is 9.97 Å². The standard InChI is InChI=1S/C22H22N6O/c1-3-28-20(17-9-11-23-12-10-17)26-19-14-24-22(27-21(19)28)25-18-6-4-5-16(13-18)8-7-15(2)29/h4-6,9-14H,3,7-8H2,1-2H3,(H,24,25,27). The van der Waals surface area contributed by atoms with Gasteiger partial charge >= 0.3 is 0 Å². The van der Waals surface area contributed by atoms with Gasteiger partial charge in [0.05, 0.1) is 6.20 Å². The molecule has 0 aliphatic rings. The number of hydrogen-bond donors (Lipinski definition) is 1. The third kappa shape index (κ3) is 4.13. The fraction of sp³-hybridized carbons (Fsp3) is 0.227. The fourth-order valence-corrected chi connectivity index (χ4v) is 3.25. The van der Waals surface area contributed by atoms with Crippen LogP contribution >= 0.6 is 0 Å². The van der Waals surface area contributed by atoms with Crippen molar-refractivity contribution in [2.24, 2.45) is 0 Å². The molecule has 0 unspecified atom stereocenters. The van der Waals surface area contributed by atoms with Crippen LogP contribution in [-0.2, 0) is 17.8 Å². The average Bonchev–Trinajstić information content (AvgIpc) is 3.11. The number of carbonyl (C=O) groups excluding carboxylic acids is 1. The molecule has 0 radical (unpaired) electrons. The molecule has 7 nitrogen and oxygen atoms in total. The van der Waals surface area contributed by atoms with Crippen LogP contribution in [0.2, 0.25) is 0 Å². The number of aryl methyl sites for hydroxylation is 2. The summed E-state index contributed by atoms with van der Waals surface area (Å²) < 4.78 is 2.07. The predicted molar refractivity (Wildman–Crippen MR) is 113 cm³/mol. The van der Waals surface area contributed by atoms with E-state index in [1.165, 1.54) is 0 Å². The number of imidazole rings is 1. The van der Waals surface area contributed by atoms with Gasteiger partial charge in [-0.3, -0.25) is 4.98 Å². The molecule has 29 heavy (non-hydrogen) atoms. The maximum atomic E-state index is 11.2. The van der Waals surface area contributed by atoms with Gasteiger partial charge < -0.3 is 14.7 Å². The maximum Gasteiger partial charge on any atom is 0.229 e. The summed E-state index contributed by atoms with van der Waals surface area (Å²) in [6.07, 6.45) is 6.52. The Labute approximate surface area is 168 Å². The lowest BCUT2D eigenvalue weighted by Crippen LogP contribution is -2.02. The van der Waals surface area contributed by atoms with Crippen molar-refractivity contribution in [3.63, 3.8) is 0 Å². The normalized spacial score (nSPS) is 11.0. The Morgan fingerprint density at radius 1 is 1.14 bits per heavy atom. The van der Waals surface area contributed by atoms with E-state index in [0.29, 0.717) is 12.4 Å². The summed E-state index contributed by atoms with van der Waals surface area (Å²) >= 11 is 0. The van der Waals surface area contributed by atoms with E-state index in [2.05, 4.69) is 26.8 Å². The number of hydrogen-bond acceptors (Lipinski definition) is 6. The van der Waals surface area contributed by atoms with Gasteiger partial charge in [0.25, 0.3) is 0 Å². The lowest BCUT2D eigenvalue weighted by molar-refractivity contribution is -0.116. The van der Waals surface area contributed by atoms with E-state index in [9.17, 15) is 4.79 Å². The number of aromatic nitrogens is 5. The van der Waals surface area contributed by atoms with Crippen LogP contribution in [0.4, 0.5) is 11.6 Å². The van der Waals surface area contributed by atoms with E-state index in [0.717, 1.165) is 46.8 Å². The lowest BCUT2D eigenvalue weighted by atomic mass is 10.1. The molecule has 0 aliphatic heterocycles. The van der Waals surface area contributed by atoms with Crippen molar-refractivity contribution in [3.05, 3.63) is 60.6 Å². The minimum Gasteiger partial charge on any atom is -0.324 e. The minimum absolute atomic E-state index is 0.190. The van der Waals surface area contributed by atoms with Crippen LogP contribution in [0.15, 0.2) is 55.0 Å². The molecule has 0 aliphatic carbocycles. The highest BCUT2D eigenvalue weighted by Crippen LogP contribution is 2.24. The Bertz CT molecular complexity index is 1150. The smallest absolute Gasteiger partial charge is 0.229 e. The zero-order chi connectivity index (χ0) is 20.2. The average molecular weight is 386 g/mol. The number of nitrogens with zero attached hydrogens (tertiary/aromatic N) is 5. The largest absolute Gasteiger partial charge is 0.324 e. The zero-order valence-corrected chi connectivity index (χ0v) is 16.5. The van der Waals surface area contributed by atoms with E-state index >= 15 is 0 Å². The number of nitrogens with one attached hydrogen (secondary N) is 1. The third-order valence-electron chi connectivity index (χ3n) is 4.69. The summed E-state index contributed by atoms with van der Waals surface area (Å²) in [5.41, 5.74) is 4.52. The van der Waals surface area contributed by atoms with Gasteiger partial charge in [-0.05, 0) is 50.1 Å². The second-order valence-corrected chi connectivity index (χ2v) is 6.85. The van der Waals surface area contributed by atoms with E-state index in [4.69, 9.17) is 9.97 Å². The van der Waals surface area contributed by atoms with E-state index < -0.39 is 0 Å². The number of ketones is 1. The summed E-state index contributed by atoms with van der Waals surface area (Å²) in [6.45, 7) is 4.42. The van der Waals surface area contributed by atoms with Gasteiger partial charge in [0.15, 0.2) is 5.65 Å². The monoisotopic (exact) mass is 386 g/mol. The number of Topliss-reactive ketones (excluding diaryl/α,β-unsaturated/α-hetero) is 1. The molecule has 0 atom stereocenters. The van der Waals surface area contributed by atoms with Gasteiger partial charge in [-0.1, -0.05) is 12.1 Å². The quantitative estimate of drug-likeness (QED) is 0.513. The second-order valence-electron chi connectivity index (χ2n) is 6.85. The number of fused-ring (bicyclic) bond motifs is 1. The van der Waals surface area contributed by atoms with Gasteiger partial charge in [0.2, 0.25) is 5.95 Å². The summed E-state index contributed by atoms with van der Waals surface area (Å²) in [4.78, 5) is 29.1. The van der Waals surface area contributed by atoms with Crippen molar-refractivity contribution in [1.29, 1.82) is 0 Å². The van der Waals surface area contributed by atoms with Crippen LogP contribution in [0, 0.1) is 0 Å². The summed E-state index contributed by atoms with van der Waals surface area (Å²) in [5, 5.41) is 3.27. The first-order chi connectivity index (χ1) is 14.1. The van der Waals surface area contributed by atoms with Crippen LogP contribution in [0.1, 0.15) is 25.8 Å². The SMILES string of the molecule is CCn1c(-c2ccncc2)nc2cnc(Nc3cccc(CCC(C)=O)c3)nc21. The third-order valence-corrected chi connectivity index (χ3v) is 4.69. The highest BCUT2D eigenvalue weighted by atomic mass is 16.1. The van der Waals surface area contributed by atoms with Gasteiger partial charge in [0, 0.05) is 36.6 Å². The Balaban J connectivity index is 1.64. The van der Waals surface area contributed by atoms with Crippen molar-refractivity contribution in [3.8, 4) is 11.4 Å². The van der Waals surface area contributed by atoms with Crippen molar-refractivity contribution in [2.75, 3.05) is 5.32 Å². The molecule has 1 N–H and O–H groups in total. The molecule has 0 bridgehead atoms. The number of rotatable bonds is 7. The number of pyridine rings is 1. The summed E-state index contributed by atoms with van der Waals surface area (Å²) in [7, 11) is 0. The van der Waals surface area contributed by atoms with Crippen molar-refractivity contribution >= 4 is 28.6 Å². The summed E-state index contributed by atoms with van der Waals surface area (Å²) in [6, 6.07) is 11.8. The first kappa shape index (κ1) is 18.7. The van der Waals surface area contributed by atoms with E-state index in [-0.39, 0.29) is 5.78 Å².